The Balaban J connectivity index is 1.73. The number of hydrogen-bond acceptors (Lipinski definition) is 6. The van der Waals surface area contributed by atoms with Gasteiger partial charge in [0.05, 0.1) is 36.6 Å². The zero-order valence-electron chi connectivity index (χ0n) is 18.8. The van der Waals surface area contributed by atoms with Gasteiger partial charge >= 0.3 is 0 Å². The molecule has 0 bridgehead atoms. The van der Waals surface area contributed by atoms with Gasteiger partial charge in [-0.1, -0.05) is 37.3 Å². The van der Waals surface area contributed by atoms with Crippen LogP contribution in [0.4, 0.5) is 0 Å². The van der Waals surface area contributed by atoms with Crippen LogP contribution in [-0.4, -0.2) is 51.4 Å². The molecule has 0 saturated carbocycles. The van der Waals surface area contributed by atoms with Crippen LogP contribution in [0.5, 0.6) is 0 Å². The highest BCUT2D eigenvalue weighted by atomic mass is 16.5. The Morgan fingerprint density at radius 1 is 1.31 bits per heavy atom. The van der Waals surface area contributed by atoms with Crippen molar-refractivity contribution in [1.29, 1.82) is 0 Å². The van der Waals surface area contributed by atoms with Crippen LogP contribution in [0.2, 0.25) is 0 Å². The summed E-state index contributed by atoms with van der Waals surface area (Å²) in [5.74, 6) is -0.137. The lowest BCUT2D eigenvalue weighted by Gasteiger charge is -2.32. The molecule has 9 heteroatoms. The van der Waals surface area contributed by atoms with Crippen LogP contribution < -0.4 is 16.6 Å². The van der Waals surface area contributed by atoms with Gasteiger partial charge in [0.25, 0.3) is 5.56 Å². The Labute approximate surface area is 187 Å². The Hall–Kier alpha value is -3.04. The van der Waals surface area contributed by atoms with Crippen LogP contribution in [0.1, 0.15) is 43.4 Å². The minimum Gasteiger partial charge on any atom is -0.374 e. The summed E-state index contributed by atoms with van der Waals surface area (Å²) in [6.45, 7) is 5.90. The summed E-state index contributed by atoms with van der Waals surface area (Å²) >= 11 is 0. The highest BCUT2D eigenvalue weighted by Gasteiger charge is 2.33. The highest BCUT2D eigenvalue weighted by molar-refractivity contribution is 5.91. The van der Waals surface area contributed by atoms with Gasteiger partial charge in [-0.3, -0.25) is 14.4 Å². The van der Waals surface area contributed by atoms with E-state index in [-0.39, 0.29) is 24.6 Å². The molecular weight excluding hydrogens is 410 g/mol. The van der Waals surface area contributed by atoms with Crippen molar-refractivity contribution in [3.63, 3.8) is 0 Å². The normalized spacial score (nSPS) is 14.6. The van der Waals surface area contributed by atoms with E-state index in [4.69, 9.17) is 10.5 Å². The number of carbonyl (C=O) groups excluding carboxylic acids is 2. The lowest BCUT2D eigenvalue weighted by molar-refractivity contribution is -0.140. The molecule has 2 heterocycles. The highest BCUT2D eigenvalue weighted by Crippen LogP contribution is 2.15. The number of nitrogens with zero attached hydrogens (tertiary/aromatic N) is 2. The molecule has 1 aliphatic rings. The number of benzene rings is 1. The maximum absolute atomic E-state index is 13.3. The molecule has 32 heavy (non-hydrogen) atoms. The van der Waals surface area contributed by atoms with E-state index in [1.165, 1.54) is 0 Å². The monoisotopic (exact) mass is 441 g/mol. The third kappa shape index (κ3) is 5.80. The second-order valence-corrected chi connectivity index (χ2v) is 8.55. The number of H-pyrrole nitrogens is 1. The van der Waals surface area contributed by atoms with Gasteiger partial charge in [0.2, 0.25) is 11.8 Å². The van der Waals surface area contributed by atoms with Crippen LogP contribution in [0, 0.1) is 0 Å². The van der Waals surface area contributed by atoms with Crippen molar-refractivity contribution in [1.82, 2.24) is 20.2 Å². The SMILES string of the molecule is CCc1nc2c(c(=O)[nH]1)CN(C(=O)C(COCc1ccccc1)NC(=O)C(C)(C)N)CC2. The van der Waals surface area contributed by atoms with Gasteiger partial charge in [-0.05, 0) is 19.4 Å². The summed E-state index contributed by atoms with van der Waals surface area (Å²) < 4.78 is 5.75. The molecule has 9 nitrogen and oxygen atoms in total. The number of fused-ring (bicyclic) bond motifs is 1. The molecule has 1 aromatic carbocycles. The number of rotatable bonds is 8. The minimum atomic E-state index is -1.15. The van der Waals surface area contributed by atoms with Crippen molar-refractivity contribution in [2.24, 2.45) is 5.73 Å². The third-order valence-corrected chi connectivity index (χ3v) is 5.35. The summed E-state index contributed by atoms with van der Waals surface area (Å²) in [6.07, 6.45) is 1.11. The van der Waals surface area contributed by atoms with E-state index in [1.807, 2.05) is 37.3 Å². The number of nitrogens with two attached hydrogens (primary N) is 1. The van der Waals surface area contributed by atoms with E-state index in [9.17, 15) is 14.4 Å². The third-order valence-electron chi connectivity index (χ3n) is 5.35. The summed E-state index contributed by atoms with van der Waals surface area (Å²) in [7, 11) is 0. The van der Waals surface area contributed by atoms with Gasteiger partial charge in [-0.15, -0.1) is 0 Å². The van der Waals surface area contributed by atoms with Crippen molar-refractivity contribution in [2.45, 2.75) is 58.3 Å². The molecule has 2 aromatic rings. The van der Waals surface area contributed by atoms with E-state index in [1.54, 1.807) is 18.7 Å². The Bertz CT molecular complexity index is 1010. The summed E-state index contributed by atoms with van der Waals surface area (Å²) in [5, 5.41) is 2.72. The average Bonchev–Trinajstić information content (AvgIpc) is 2.77. The summed E-state index contributed by atoms with van der Waals surface area (Å²) in [4.78, 5) is 47.1. The van der Waals surface area contributed by atoms with Crippen LogP contribution in [0.25, 0.3) is 0 Å². The van der Waals surface area contributed by atoms with Crippen LogP contribution in [0.3, 0.4) is 0 Å². The fourth-order valence-corrected chi connectivity index (χ4v) is 3.44. The Kier molecular flexibility index (Phi) is 7.42. The second-order valence-electron chi connectivity index (χ2n) is 8.55. The fourth-order valence-electron chi connectivity index (χ4n) is 3.44. The predicted molar refractivity (Wildman–Crippen MR) is 120 cm³/mol. The van der Waals surface area contributed by atoms with E-state index in [0.29, 0.717) is 37.4 Å². The maximum Gasteiger partial charge on any atom is 0.256 e. The van der Waals surface area contributed by atoms with E-state index in [0.717, 1.165) is 11.3 Å². The van der Waals surface area contributed by atoms with Gasteiger partial charge in [0.1, 0.15) is 11.9 Å². The number of aromatic amines is 1. The molecule has 0 fully saturated rings. The molecule has 3 rings (SSSR count). The van der Waals surface area contributed by atoms with Crippen molar-refractivity contribution < 1.29 is 14.3 Å². The van der Waals surface area contributed by atoms with Crippen LogP contribution in [0.15, 0.2) is 35.1 Å². The number of ether oxygens (including phenoxy) is 1. The van der Waals surface area contributed by atoms with Crippen LogP contribution in [-0.2, 0) is 40.3 Å². The first-order chi connectivity index (χ1) is 15.2. The lowest BCUT2D eigenvalue weighted by atomic mass is 10.0. The molecule has 4 N–H and O–H groups in total. The van der Waals surface area contributed by atoms with Gasteiger partial charge in [-0.25, -0.2) is 4.98 Å². The Morgan fingerprint density at radius 2 is 2.03 bits per heavy atom. The summed E-state index contributed by atoms with van der Waals surface area (Å²) in [5.41, 5.74) is 6.69. The number of aromatic nitrogens is 2. The molecule has 1 aliphatic heterocycles. The predicted octanol–water partition coefficient (Wildman–Crippen LogP) is 0.656. The molecule has 1 aromatic heterocycles. The Morgan fingerprint density at radius 3 is 2.69 bits per heavy atom. The van der Waals surface area contributed by atoms with Crippen LogP contribution >= 0.6 is 0 Å². The van der Waals surface area contributed by atoms with Gasteiger partial charge in [-0.2, -0.15) is 0 Å². The number of aryl methyl sites for hydroxylation is 1. The molecule has 1 unspecified atom stereocenters. The molecule has 2 amide bonds. The van der Waals surface area contributed by atoms with Gasteiger partial charge in [0, 0.05) is 19.4 Å². The van der Waals surface area contributed by atoms with Crippen molar-refractivity contribution >= 4 is 11.8 Å². The number of carbonyl (C=O) groups is 2. The minimum absolute atomic E-state index is 0.0116. The first-order valence-electron chi connectivity index (χ1n) is 10.8. The van der Waals surface area contributed by atoms with Gasteiger partial charge < -0.3 is 25.7 Å². The molecule has 0 radical (unpaired) electrons. The second kappa shape index (κ2) is 10.1. The largest absolute Gasteiger partial charge is 0.374 e. The van der Waals surface area contributed by atoms with E-state index >= 15 is 0 Å². The van der Waals surface area contributed by atoms with Crippen molar-refractivity contribution in [3.05, 3.63) is 63.3 Å². The molecule has 0 spiro atoms. The number of amides is 2. The lowest BCUT2D eigenvalue weighted by Crippen LogP contribution is -2.58. The first kappa shape index (κ1) is 23.6. The van der Waals surface area contributed by atoms with Gasteiger partial charge in [0.15, 0.2) is 0 Å². The fraction of sp³-hybridized carbons (Fsp3) is 0.478. The molecule has 0 saturated heterocycles. The smallest absolute Gasteiger partial charge is 0.256 e. The van der Waals surface area contributed by atoms with E-state index in [2.05, 4.69) is 15.3 Å². The molecule has 1 atom stereocenters. The first-order valence-corrected chi connectivity index (χ1v) is 10.8. The quantitative estimate of drug-likeness (QED) is 0.552. The number of hydrogen-bond donors (Lipinski definition) is 3. The summed E-state index contributed by atoms with van der Waals surface area (Å²) in [6, 6.07) is 8.64. The van der Waals surface area contributed by atoms with Crippen molar-refractivity contribution in [3.8, 4) is 0 Å². The maximum atomic E-state index is 13.3. The molecule has 172 valence electrons. The standard InChI is InChI=1S/C23H31N5O4/c1-4-19-25-17-10-11-28(12-16(17)20(29)27-19)21(30)18(26-22(31)23(2,3)24)14-32-13-15-8-6-5-7-9-15/h5-9,18H,4,10-14,24H2,1-3H3,(H,26,31)(H,25,27,29). The average molecular weight is 442 g/mol. The van der Waals surface area contributed by atoms with Crippen molar-refractivity contribution in [2.75, 3.05) is 13.2 Å². The number of nitrogens with one attached hydrogen (secondary N) is 2. The molecular formula is C23H31N5O4. The molecule has 0 aliphatic carbocycles. The topological polar surface area (TPSA) is 130 Å². The zero-order valence-corrected chi connectivity index (χ0v) is 18.8. The van der Waals surface area contributed by atoms with E-state index < -0.39 is 17.5 Å². The zero-order chi connectivity index (χ0) is 23.3.